The second kappa shape index (κ2) is 4.40. The van der Waals surface area contributed by atoms with Gasteiger partial charge in [0.15, 0.2) is 0 Å². The highest BCUT2D eigenvalue weighted by Crippen LogP contribution is 2.16. The number of hydrogen-bond acceptors (Lipinski definition) is 3. The molecule has 0 amide bonds. The van der Waals surface area contributed by atoms with Crippen LogP contribution in [0.4, 0.5) is 0 Å². The van der Waals surface area contributed by atoms with Crippen LogP contribution in [0.2, 0.25) is 0 Å². The van der Waals surface area contributed by atoms with Gasteiger partial charge >= 0.3 is 0 Å². The predicted molar refractivity (Wildman–Crippen MR) is 52.7 cm³/mol. The predicted octanol–water partition coefficient (Wildman–Crippen LogP) is 0.772. The van der Waals surface area contributed by atoms with Crippen molar-refractivity contribution in [1.29, 1.82) is 0 Å². The highest BCUT2D eigenvalue weighted by atomic mass is 16.5. The van der Waals surface area contributed by atoms with Crippen molar-refractivity contribution < 1.29 is 9.84 Å². The van der Waals surface area contributed by atoms with Crippen LogP contribution in [0.3, 0.4) is 0 Å². The average molecular weight is 187 g/mol. The zero-order chi connectivity index (χ0) is 9.90. The highest BCUT2D eigenvalue weighted by Gasteiger charge is 2.23. The number of rotatable bonds is 4. The Morgan fingerprint density at radius 2 is 2.31 bits per heavy atom. The van der Waals surface area contributed by atoms with Gasteiger partial charge in [-0.2, -0.15) is 0 Å². The fourth-order valence-electron chi connectivity index (χ4n) is 1.52. The average Bonchev–Trinajstić information content (AvgIpc) is 2.50. The summed E-state index contributed by atoms with van der Waals surface area (Å²) in [5, 5.41) is 12.9. The lowest BCUT2D eigenvalue weighted by molar-refractivity contribution is 0.0736. The zero-order valence-corrected chi connectivity index (χ0v) is 8.84. The van der Waals surface area contributed by atoms with Crippen LogP contribution < -0.4 is 5.32 Å². The van der Waals surface area contributed by atoms with Crippen LogP contribution >= 0.6 is 0 Å². The van der Waals surface area contributed by atoms with E-state index in [9.17, 15) is 5.11 Å². The Bertz CT molecular complexity index is 147. The van der Waals surface area contributed by atoms with Gasteiger partial charge < -0.3 is 15.2 Å². The Kier molecular flexibility index (Phi) is 3.71. The second-order valence-corrected chi connectivity index (χ2v) is 4.61. The van der Waals surface area contributed by atoms with Crippen molar-refractivity contribution in [1.82, 2.24) is 5.32 Å². The molecule has 0 radical (unpaired) electrons. The lowest BCUT2D eigenvalue weighted by atomic mass is 10.00. The normalized spacial score (nSPS) is 26.3. The molecule has 1 aliphatic heterocycles. The van der Waals surface area contributed by atoms with E-state index in [-0.39, 0.29) is 0 Å². The van der Waals surface area contributed by atoms with Crippen LogP contribution in [-0.2, 0) is 4.74 Å². The molecular formula is C10H21NO2. The molecule has 0 bridgehead atoms. The minimum atomic E-state index is -0.617. The largest absolute Gasteiger partial charge is 0.389 e. The van der Waals surface area contributed by atoms with E-state index in [1.165, 1.54) is 0 Å². The Balaban J connectivity index is 2.20. The number of nitrogens with one attached hydrogen (secondary N) is 1. The molecule has 1 aliphatic rings. The maximum atomic E-state index is 9.52. The molecule has 0 aromatic rings. The molecule has 0 aromatic carbocycles. The number of ether oxygens (including phenoxy) is 1. The minimum Gasteiger partial charge on any atom is -0.389 e. The summed E-state index contributed by atoms with van der Waals surface area (Å²) >= 11 is 0. The van der Waals surface area contributed by atoms with Gasteiger partial charge in [0.25, 0.3) is 0 Å². The van der Waals surface area contributed by atoms with Gasteiger partial charge in [-0.05, 0) is 33.1 Å². The molecule has 2 atom stereocenters. The number of aliphatic hydroxyl groups is 1. The summed E-state index contributed by atoms with van der Waals surface area (Å²) in [6.07, 6.45) is 1.14. The van der Waals surface area contributed by atoms with E-state index in [1.807, 2.05) is 13.8 Å². The summed E-state index contributed by atoms with van der Waals surface area (Å²) in [5.74, 6) is 0.613. The van der Waals surface area contributed by atoms with E-state index in [1.54, 1.807) is 0 Å². The molecular weight excluding hydrogens is 166 g/mol. The van der Waals surface area contributed by atoms with Crippen LogP contribution in [0.25, 0.3) is 0 Å². The molecule has 13 heavy (non-hydrogen) atoms. The first-order valence-electron chi connectivity index (χ1n) is 5.02. The maximum Gasteiger partial charge on any atom is 0.0715 e. The van der Waals surface area contributed by atoms with Crippen molar-refractivity contribution >= 4 is 0 Å². The molecule has 0 aliphatic carbocycles. The fraction of sp³-hybridized carbons (Fsp3) is 1.00. The third-order valence-electron chi connectivity index (χ3n) is 2.53. The lowest BCUT2D eigenvalue weighted by Gasteiger charge is -2.24. The third kappa shape index (κ3) is 4.07. The van der Waals surface area contributed by atoms with Gasteiger partial charge in [0.05, 0.1) is 12.2 Å². The maximum absolute atomic E-state index is 9.52. The van der Waals surface area contributed by atoms with Crippen molar-refractivity contribution in [3.8, 4) is 0 Å². The van der Waals surface area contributed by atoms with E-state index < -0.39 is 5.60 Å². The smallest absolute Gasteiger partial charge is 0.0715 e. The zero-order valence-electron chi connectivity index (χ0n) is 8.84. The van der Waals surface area contributed by atoms with Gasteiger partial charge in [0, 0.05) is 19.2 Å². The van der Waals surface area contributed by atoms with Gasteiger partial charge in [-0.25, -0.2) is 0 Å². The topological polar surface area (TPSA) is 41.5 Å². The molecule has 0 spiro atoms. The van der Waals surface area contributed by atoms with Gasteiger partial charge in [-0.1, -0.05) is 0 Å². The highest BCUT2D eigenvalue weighted by molar-refractivity contribution is 4.78. The first-order valence-corrected chi connectivity index (χ1v) is 5.02. The molecule has 0 saturated carbocycles. The van der Waals surface area contributed by atoms with Crippen LogP contribution in [0.1, 0.15) is 27.2 Å². The van der Waals surface area contributed by atoms with Crippen LogP contribution in [0, 0.1) is 5.92 Å². The standard InChI is InChI=1S/C10H21NO2/c1-8(9-4-5-13-6-9)11-7-10(2,3)12/h8-9,11-12H,4-7H2,1-3H3. The van der Waals surface area contributed by atoms with E-state index in [0.717, 1.165) is 19.6 Å². The van der Waals surface area contributed by atoms with Gasteiger partial charge in [-0.3, -0.25) is 0 Å². The van der Waals surface area contributed by atoms with E-state index >= 15 is 0 Å². The molecule has 78 valence electrons. The molecule has 0 aromatic heterocycles. The van der Waals surface area contributed by atoms with Gasteiger partial charge in [0.2, 0.25) is 0 Å². The minimum absolute atomic E-state index is 0.439. The van der Waals surface area contributed by atoms with Crippen LogP contribution in [0.15, 0.2) is 0 Å². The summed E-state index contributed by atoms with van der Waals surface area (Å²) in [5.41, 5.74) is -0.617. The van der Waals surface area contributed by atoms with Crippen molar-refractivity contribution in [2.45, 2.75) is 38.8 Å². The number of hydrogen-bond donors (Lipinski definition) is 2. The first kappa shape index (κ1) is 11.0. The Hall–Kier alpha value is -0.120. The van der Waals surface area contributed by atoms with Crippen molar-refractivity contribution in [3.63, 3.8) is 0 Å². The molecule has 2 N–H and O–H groups in total. The van der Waals surface area contributed by atoms with Gasteiger partial charge in [0.1, 0.15) is 0 Å². The fourth-order valence-corrected chi connectivity index (χ4v) is 1.52. The summed E-state index contributed by atoms with van der Waals surface area (Å²) in [6, 6.07) is 0.439. The SMILES string of the molecule is CC(NCC(C)(C)O)C1CCOC1. The third-order valence-corrected chi connectivity index (χ3v) is 2.53. The molecule has 3 nitrogen and oxygen atoms in total. The van der Waals surface area contributed by atoms with Crippen LogP contribution in [-0.4, -0.2) is 36.5 Å². The van der Waals surface area contributed by atoms with E-state index in [0.29, 0.717) is 18.5 Å². The molecule has 2 unspecified atom stereocenters. The molecule has 1 rings (SSSR count). The summed E-state index contributed by atoms with van der Waals surface area (Å²) in [4.78, 5) is 0. The second-order valence-electron chi connectivity index (χ2n) is 4.61. The first-order chi connectivity index (χ1) is 5.99. The van der Waals surface area contributed by atoms with E-state index in [4.69, 9.17) is 4.74 Å². The molecule has 1 fully saturated rings. The van der Waals surface area contributed by atoms with Crippen molar-refractivity contribution in [2.24, 2.45) is 5.92 Å². The molecule has 3 heteroatoms. The quantitative estimate of drug-likeness (QED) is 0.683. The van der Waals surface area contributed by atoms with Crippen molar-refractivity contribution in [3.05, 3.63) is 0 Å². The Morgan fingerprint density at radius 1 is 1.62 bits per heavy atom. The molecule has 1 heterocycles. The monoisotopic (exact) mass is 187 g/mol. The Morgan fingerprint density at radius 3 is 2.77 bits per heavy atom. The van der Waals surface area contributed by atoms with Crippen molar-refractivity contribution in [2.75, 3.05) is 19.8 Å². The van der Waals surface area contributed by atoms with Gasteiger partial charge in [-0.15, -0.1) is 0 Å². The lowest BCUT2D eigenvalue weighted by Crippen LogP contribution is -2.42. The summed E-state index contributed by atoms with van der Waals surface area (Å²) in [6.45, 7) is 8.19. The molecule has 1 saturated heterocycles. The summed E-state index contributed by atoms with van der Waals surface area (Å²) in [7, 11) is 0. The van der Waals surface area contributed by atoms with E-state index in [2.05, 4.69) is 12.2 Å². The Labute approximate surface area is 80.5 Å². The van der Waals surface area contributed by atoms with Crippen LogP contribution in [0.5, 0.6) is 0 Å². The summed E-state index contributed by atoms with van der Waals surface area (Å²) < 4.78 is 5.31.